The van der Waals surface area contributed by atoms with E-state index in [-0.39, 0.29) is 6.04 Å². The zero-order chi connectivity index (χ0) is 13.2. The van der Waals surface area contributed by atoms with E-state index in [2.05, 4.69) is 10.3 Å². The van der Waals surface area contributed by atoms with Gasteiger partial charge < -0.3 is 14.5 Å². The first-order chi connectivity index (χ1) is 9.28. The van der Waals surface area contributed by atoms with Gasteiger partial charge in [-0.25, -0.2) is 4.79 Å². The van der Waals surface area contributed by atoms with Crippen LogP contribution >= 0.6 is 0 Å². The van der Waals surface area contributed by atoms with E-state index in [1.165, 1.54) is 0 Å². The second-order valence-corrected chi connectivity index (χ2v) is 4.99. The highest BCUT2D eigenvalue weighted by atomic mass is 16.5. The van der Waals surface area contributed by atoms with Crippen LogP contribution < -0.4 is 11.1 Å². The summed E-state index contributed by atoms with van der Waals surface area (Å²) in [6.45, 7) is 1.65. The maximum absolute atomic E-state index is 11.2. The molecule has 3 rings (SSSR count). The summed E-state index contributed by atoms with van der Waals surface area (Å²) in [5.41, 5.74) is 2.52. The van der Waals surface area contributed by atoms with Crippen LogP contribution in [0.5, 0.6) is 0 Å². The zero-order valence-corrected chi connectivity index (χ0v) is 10.9. The first-order valence-corrected chi connectivity index (χ1v) is 6.65. The van der Waals surface area contributed by atoms with Crippen LogP contribution in [0.3, 0.4) is 0 Å². The topological polar surface area (TPSA) is 67.3 Å². The quantitative estimate of drug-likeness (QED) is 0.885. The van der Waals surface area contributed by atoms with Crippen molar-refractivity contribution in [1.82, 2.24) is 10.3 Å². The Hall–Kier alpha value is -1.59. The van der Waals surface area contributed by atoms with Gasteiger partial charge in [-0.1, -0.05) is 6.07 Å². The largest absolute Gasteiger partial charge is 0.417 e. The van der Waals surface area contributed by atoms with E-state index in [1.807, 2.05) is 25.2 Å². The van der Waals surface area contributed by atoms with Crippen LogP contribution in [-0.2, 0) is 4.74 Å². The summed E-state index contributed by atoms with van der Waals surface area (Å²) in [5.74, 6) is 0.154. The first kappa shape index (κ1) is 12.4. The number of nitrogens with one attached hydrogen (secondary N) is 2. The Morgan fingerprint density at radius 2 is 2.16 bits per heavy atom. The molecule has 0 amide bonds. The molecule has 1 atom stereocenters. The molecule has 102 valence electrons. The number of H-pyrrole nitrogens is 1. The summed E-state index contributed by atoms with van der Waals surface area (Å²) in [4.78, 5) is 13.8. The number of oxazole rings is 1. The van der Waals surface area contributed by atoms with Crippen molar-refractivity contribution in [2.45, 2.75) is 18.9 Å². The highest BCUT2D eigenvalue weighted by molar-refractivity contribution is 5.72. The Bertz CT molecular complexity index is 610. The third kappa shape index (κ3) is 2.43. The molecule has 2 aromatic rings. The maximum Gasteiger partial charge on any atom is 0.417 e. The van der Waals surface area contributed by atoms with Crippen LogP contribution in [0.25, 0.3) is 11.1 Å². The van der Waals surface area contributed by atoms with E-state index in [0.29, 0.717) is 11.5 Å². The van der Waals surface area contributed by atoms with Gasteiger partial charge in [0.25, 0.3) is 0 Å². The molecule has 1 aromatic carbocycles. The van der Waals surface area contributed by atoms with Crippen molar-refractivity contribution < 1.29 is 9.15 Å². The first-order valence-electron chi connectivity index (χ1n) is 6.65. The SMILES string of the molecule is CNC(c1ccc2[nH]c(=O)oc2c1)C1CCOCC1. The smallest absolute Gasteiger partial charge is 0.408 e. The van der Waals surface area contributed by atoms with E-state index in [4.69, 9.17) is 9.15 Å². The lowest BCUT2D eigenvalue weighted by molar-refractivity contribution is 0.0546. The average molecular weight is 262 g/mol. The molecule has 5 heteroatoms. The number of aromatic nitrogens is 1. The van der Waals surface area contributed by atoms with Crippen molar-refractivity contribution >= 4 is 11.1 Å². The molecular formula is C14H18N2O3. The predicted molar refractivity (Wildman–Crippen MR) is 72.2 cm³/mol. The lowest BCUT2D eigenvalue weighted by Crippen LogP contribution is -2.29. The fourth-order valence-corrected chi connectivity index (χ4v) is 2.88. The molecule has 1 unspecified atom stereocenters. The Labute approximate surface area is 111 Å². The third-order valence-electron chi connectivity index (χ3n) is 3.85. The van der Waals surface area contributed by atoms with Gasteiger partial charge in [0.05, 0.1) is 5.52 Å². The molecule has 1 fully saturated rings. The second kappa shape index (κ2) is 5.19. The summed E-state index contributed by atoms with van der Waals surface area (Å²) < 4.78 is 10.5. The Kier molecular flexibility index (Phi) is 3.40. The molecule has 2 heterocycles. The van der Waals surface area contributed by atoms with Crippen molar-refractivity contribution in [1.29, 1.82) is 0 Å². The molecule has 0 aliphatic carbocycles. The minimum atomic E-state index is -0.403. The summed E-state index contributed by atoms with van der Waals surface area (Å²) >= 11 is 0. The fraction of sp³-hybridized carbons (Fsp3) is 0.500. The Balaban J connectivity index is 1.93. The molecule has 1 aliphatic heterocycles. The van der Waals surface area contributed by atoms with Crippen LogP contribution in [0.1, 0.15) is 24.4 Å². The van der Waals surface area contributed by atoms with E-state index in [0.717, 1.165) is 37.1 Å². The number of ether oxygens (including phenoxy) is 1. The average Bonchev–Trinajstić information content (AvgIpc) is 2.80. The van der Waals surface area contributed by atoms with E-state index >= 15 is 0 Å². The minimum Gasteiger partial charge on any atom is -0.408 e. The van der Waals surface area contributed by atoms with Crippen molar-refractivity contribution in [3.05, 3.63) is 34.3 Å². The van der Waals surface area contributed by atoms with Crippen LogP contribution in [0, 0.1) is 5.92 Å². The fourth-order valence-electron chi connectivity index (χ4n) is 2.88. The minimum absolute atomic E-state index is 0.272. The zero-order valence-electron chi connectivity index (χ0n) is 10.9. The highest BCUT2D eigenvalue weighted by Crippen LogP contribution is 2.30. The lowest BCUT2D eigenvalue weighted by Gasteiger charge is -2.30. The molecule has 5 nitrogen and oxygen atoms in total. The second-order valence-electron chi connectivity index (χ2n) is 4.99. The number of rotatable bonds is 3. The molecule has 1 saturated heterocycles. The number of hydrogen-bond acceptors (Lipinski definition) is 4. The van der Waals surface area contributed by atoms with Crippen molar-refractivity contribution in [2.24, 2.45) is 5.92 Å². The molecule has 0 bridgehead atoms. The van der Waals surface area contributed by atoms with Crippen LogP contribution in [-0.4, -0.2) is 25.2 Å². The van der Waals surface area contributed by atoms with Gasteiger partial charge in [-0.2, -0.15) is 0 Å². The number of benzene rings is 1. The maximum atomic E-state index is 11.2. The molecular weight excluding hydrogens is 244 g/mol. The normalized spacial score (nSPS) is 18.8. The van der Waals surface area contributed by atoms with Gasteiger partial charge >= 0.3 is 5.76 Å². The standard InChI is InChI=1S/C14H18N2O3/c1-15-13(9-4-6-18-7-5-9)10-2-3-11-12(8-10)19-14(17)16-11/h2-3,8-9,13,15H,4-7H2,1H3,(H,16,17). The molecule has 1 aromatic heterocycles. The number of hydrogen-bond donors (Lipinski definition) is 2. The summed E-state index contributed by atoms with van der Waals surface area (Å²) in [6, 6.07) is 6.17. The molecule has 2 N–H and O–H groups in total. The summed E-state index contributed by atoms with van der Waals surface area (Å²) in [5, 5.41) is 3.37. The molecule has 0 radical (unpaired) electrons. The third-order valence-corrected chi connectivity index (χ3v) is 3.85. The molecule has 1 aliphatic rings. The van der Waals surface area contributed by atoms with Gasteiger partial charge in [-0.3, -0.25) is 4.98 Å². The lowest BCUT2D eigenvalue weighted by atomic mass is 9.87. The van der Waals surface area contributed by atoms with E-state index < -0.39 is 5.76 Å². The highest BCUT2D eigenvalue weighted by Gasteiger charge is 2.24. The van der Waals surface area contributed by atoms with Crippen molar-refractivity contribution in [3.8, 4) is 0 Å². The van der Waals surface area contributed by atoms with Crippen LogP contribution in [0.2, 0.25) is 0 Å². The molecule has 0 saturated carbocycles. The van der Waals surface area contributed by atoms with Gasteiger partial charge in [0, 0.05) is 19.3 Å². The van der Waals surface area contributed by atoms with Gasteiger partial charge in [0.2, 0.25) is 0 Å². The molecule has 0 spiro atoms. The van der Waals surface area contributed by atoms with E-state index in [1.54, 1.807) is 0 Å². The van der Waals surface area contributed by atoms with Crippen LogP contribution in [0.15, 0.2) is 27.4 Å². The number of fused-ring (bicyclic) bond motifs is 1. The summed E-state index contributed by atoms with van der Waals surface area (Å²) in [7, 11) is 1.97. The Morgan fingerprint density at radius 3 is 2.89 bits per heavy atom. The van der Waals surface area contributed by atoms with Gasteiger partial charge in [-0.05, 0) is 43.5 Å². The predicted octanol–water partition coefficient (Wildman–Crippen LogP) is 1.81. The number of aromatic amines is 1. The van der Waals surface area contributed by atoms with Crippen molar-refractivity contribution in [2.75, 3.05) is 20.3 Å². The molecule has 19 heavy (non-hydrogen) atoms. The van der Waals surface area contributed by atoms with Gasteiger partial charge in [0.15, 0.2) is 5.58 Å². The monoisotopic (exact) mass is 262 g/mol. The van der Waals surface area contributed by atoms with E-state index in [9.17, 15) is 4.79 Å². The summed E-state index contributed by atoms with van der Waals surface area (Å²) in [6.07, 6.45) is 2.11. The Morgan fingerprint density at radius 1 is 1.37 bits per heavy atom. The van der Waals surface area contributed by atoms with Crippen molar-refractivity contribution in [3.63, 3.8) is 0 Å². The van der Waals surface area contributed by atoms with Gasteiger partial charge in [0.1, 0.15) is 0 Å². The van der Waals surface area contributed by atoms with Crippen LogP contribution in [0.4, 0.5) is 0 Å². The van der Waals surface area contributed by atoms with Gasteiger partial charge in [-0.15, -0.1) is 0 Å².